The fraction of sp³-hybridized carbons (Fsp3) is 0.318. The number of carboxylic acids is 2. The minimum Gasteiger partial charge on any atom is -0.481 e. The minimum absolute atomic E-state index is 0.0188. The Kier molecular flexibility index (Phi) is 7.92. The van der Waals surface area contributed by atoms with Gasteiger partial charge in [-0.05, 0) is 37.1 Å². The zero-order chi connectivity index (χ0) is 25.5. The van der Waals surface area contributed by atoms with Gasteiger partial charge >= 0.3 is 11.9 Å². The highest BCUT2D eigenvalue weighted by Gasteiger charge is 2.22. The van der Waals surface area contributed by atoms with Crippen LogP contribution in [-0.4, -0.2) is 60.6 Å². The Labute approximate surface area is 200 Å². The van der Waals surface area contributed by atoms with Crippen LogP contribution in [0, 0.1) is 0 Å². The number of hydrogen-bond acceptors (Lipinski definition) is 10. The van der Waals surface area contributed by atoms with Crippen LogP contribution >= 0.6 is 0 Å². The lowest BCUT2D eigenvalue weighted by molar-refractivity contribution is -0.140. The fourth-order valence-electron chi connectivity index (χ4n) is 3.41. The molecule has 0 aliphatic carbocycles. The molecule has 3 aromatic rings. The van der Waals surface area contributed by atoms with Crippen LogP contribution in [0.25, 0.3) is 11.2 Å². The maximum atomic E-state index is 12.5. The second-order valence-electron chi connectivity index (χ2n) is 7.77. The van der Waals surface area contributed by atoms with E-state index in [1.165, 1.54) is 0 Å². The minimum atomic E-state index is -1.30. The molecule has 13 nitrogen and oxygen atoms in total. The molecule has 0 fully saturated rings. The highest BCUT2D eigenvalue weighted by atomic mass is 16.4. The largest absolute Gasteiger partial charge is 0.481 e. The second kappa shape index (κ2) is 11.0. The van der Waals surface area contributed by atoms with Crippen molar-refractivity contribution < 1.29 is 24.6 Å². The van der Waals surface area contributed by atoms with Crippen molar-refractivity contribution in [2.75, 3.05) is 22.9 Å². The van der Waals surface area contributed by atoms with E-state index in [9.17, 15) is 19.5 Å². The first-order valence-electron chi connectivity index (χ1n) is 10.8. The molecule has 0 saturated heterocycles. The number of benzene rings is 1. The van der Waals surface area contributed by atoms with Crippen molar-refractivity contribution in [2.45, 2.75) is 38.8 Å². The van der Waals surface area contributed by atoms with Gasteiger partial charge in [-0.1, -0.05) is 6.92 Å². The summed E-state index contributed by atoms with van der Waals surface area (Å²) < 4.78 is 0. The third-order valence-electron chi connectivity index (χ3n) is 5.09. The third kappa shape index (κ3) is 6.50. The number of hydrogen-bond donors (Lipinski definition) is 5. The van der Waals surface area contributed by atoms with E-state index in [0.29, 0.717) is 29.9 Å². The summed E-state index contributed by atoms with van der Waals surface area (Å²) in [7, 11) is 0. The van der Waals surface area contributed by atoms with E-state index in [1.54, 1.807) is 30.5 Å². The number of nitrogens with zero attached hydrogens (tertiary/aromatic N) is 5. The van der Waals surface area contributed by atoms with Gasteiger partial charge in [-0.15, -0.1) is 0 Å². The van der Waals surface area contributed by atoms with Crippen LogP contribution in [-0.2, 0) is 16.1 Å². The maximum Gasteiger partial charge on any atom is 0.326 e. The number of nitrogens with one attached hydrogen (secondary N) is 1. The van der Waals surface area contributed by atoms with Gasteiger partial charge in [0.15, 0.2) is 17.0 Å². The molecular formula is C22H26N8O5. The first-order valence-corrected chi connectivity index (χ1v) is 10.8. The number of nitrogen functional groups attached to an aromatic ring is 2. The van der Waals surface area contributed by atoms with Gasteiger partial charge in [0.1, 0.15) is 6.04 Å². The third-order valence-corrected chi connectivity index (χ3v) is 5.09. The molecule has 1 aromatic carbocycles. The van der Waals surface area contributed by atoms with E-state index >= 15 is 0 Å². The van der Waals surface area contributed by atoms with Gasteiger partial charge in [0.05, 0.1) is 18.4 Å². The highest BCUT2D eigenvalue weighted by molar-refractivity contribution is 5.97. The predicted molar refractivity (Wildman–Crippen MR) is 127 cm³/mol. The Morgan fingerprint density at radius 2 is 1.80 bits per heavy atom. The SMILES string of the molecule is CCCN(Cc1cnc2nc(N)nc(N)c2n1)c1ccc(C(=O)N[C@@H](CCC(=O)O)C(=O)O)cc1. The molecule has 0 spiro atoms. The standard InChI is InChI=1S/C22H26N8O5/c1-2-9-30(11-13-10-25-19-17(26-13)18(23)28-22(24)29-19)14-5-3-12(4-6-14)20(33)27-15(21(34)35)7-8-16(31)32/h3-6,10,15H,2,7-9,11H2,1H3,(H,27,33)(H,31,32)(H,34,35)(H4,23,24,25,28,29)/t15-/m0/s1. The molecule has 2 heterocycles. The molecule has 0 saturated carbocycles. The van der Waals surface area contributed by atoms with Crippen LogP contribution in [0.2, 0.25) is 0 Å². The average molecular weight is 483 g/mol. The molecule has 0 aliphatic heterocycles. The lowest BCUT2D eigenvalue weighted by Gasteiger charge is -2.24. The van der Waals surface area contributed by atoms with Gasteiger partial charge in [-0.2, -0.15) is 9.97 Å². The van der Waals surface area contributed by atoms with Crippen molar-refractivity contribution >= 4 is 46.5 Å². The smallest absolute Gasteiger partial charge is 0.326 e. The van der Waals surface area contributed by atoms with Crippen LogP contribution < -0.4 is 21.7 Å². The van der Waals surface area contributed by atoms with Crippen molar-refractivity contribution in [1.29, 1.82) is 0 Å². The Morgan fingerprint density at radius 1 is 1.09 bits per heavy atom. The van der Waals surface area contributed by atoms with Crippen molar-refractivity contribution in [3.8, 4) is 0 Å². The Bertz CT molecular complexity index is 1230. The van der Waals surface area contributed by atoms with Gasteiger partial charge in [0.25, 0.3) is 5.91 Å². The number of fused-ring (bicyclic) bond motifs is 1. The number of amides is 1. The summed E-state index contributed by atoms with van der Waals surface area (Å²) in [5.41, 5.74) is 13.9. The summed E-state index contributed by atoms with van der Waals surface area (Å²) in [4.78, 5) is 53.3. The van der Waals surface area contributed by atoms with E-state index in [0.717, 1.165) is 12.1 Å². The van der Waals surface area contributed by atoms with E-state index in [1.807, 2.05) is 11.8 Å². The van der Waals surface area contributed by atoms with Crippen LogP contribution in [0.1, 0.15) is 42.2 Å². The number of nitrogens with two attached hydrogens (primary N) is 2. The molecule has 35 heavy (non-hydrogen) atoms. The monoisotopic (exact) mass is 482 g/mol. The van der Waals surface area contributed by atoms with E-state index in [4.69, 9.17) is 16.6 Å². The van der Waals surface area contributed by atoms with E-state index in [2.05, 4.69) is 25.3 Å². The van der Waals surface area contributed by atoms with Crippen molar-refractivity contribution in [2.24, 2.45) is 0 Å². The highest BCUT2D eigenvalue weighted by Crippen LogP contribution is 2.20. The first kappa shape index (κ1) is 25.1. The normalized spacial score (nSPS) is 11.7. The zero-order valence-corrected chi connectivity index (χ0v) is 19.0. The van der Waals surface area contributed by atoms with Crippen LogP contribution in [0.15, 0.2) is 30.5 Å². The molecule has 184 valence electrons. The number of carbonyl (C=O) groups excluding carboxylic acids is 1. The Hall–Kier alpha value is -4.55. The summed E-state index contributed by atoms with van der Waals surface area (Å²) in [5.74, 6) is -2.88. The Morgan fingerprint density at radius 3 is 2.43 bits per heavy atom. The molecule has 0 aliphatic rings. The van der Waals surface area contributed by atoms with Gasteiger partial charge in [0.2, 0.25) is 5.95 Å². The topological polar surface area (TPSA) is 211 Å². The second-order valence-corrected chi connectivity index (χ2v) is 7.77. The van der Waals surface area contributed by atoms with Crippen molar-refractivity contribution in [3.05, 3.63) is 41.7 Å². The molecule has 1 amide bonds. The van der Waals surface area contributed by atoms with Gasteiger partial charge in [-0.25, -0.2) is 14.8 Å². The molecule has 3 rings (SSSR count). The number of rotatable bonds is 11. The summed E-state index contributed by atoms with van der Waals surface area (Å²) in [6, 6.07) is 5.33. The lowest BCUT2D eigenvalue weighted by atomic mass is 10.1. The van der Waals surface area contributed by atoms with Crippen molar-refractivity contribution in [1.82, 2.24) is 25.3 Å². The van der Waals surface area contributed by atoms with Crippen LogP contribution in [0.5, 0.6) is 0 Å². The van der Waals surface area contributed by atoms with Gasteiger partial charge in [-0.3, -0.25) is 9.59 Å². The maximum absolute atomic E-state index is 12.5. The lowest BCUT2D eigenvalue weighted by Crippen LogP contribution is -2.41. The number of anilines is 3. The molecule has 2 aromatic heterocycles. The zero-order valence-electron chi connectivity index (χ0n) is 19.0. The molecular weight excluding hydrogens is 456 g/mol. The molecule has 13 heteroatoms. The molecule has 0 radical (unpaired) electrons. The quantitative estimate of drug-likeness (QED) is 0.259. The predicted octanol–water partition coefficient (Wildman–Crippen LogP) is 1.05. The number of aromatic nitrogens is 4. The van der Waals surface area contributed by atoms with E-state index < -0.39 is 23.9 Å². The summed E-state index contributed by atoms with van der Waals surface area (Å²) >= 11 is 0. The number of aliphatic carboxylic acids is 2. The molecule has 0 unspecified atom stereocenters. The molecule has 1 atom stereocenters. The van der Waals surface area contributed by atoms with Gasteiger partial charge in [0, 0.05) is 24.2 Å². The first-order chi connectivity index (χ1) is 16.7. The number of carboxylic acid groups (broad SMARTS) is 2. The van der Waals surface area contributed by atoms with Gasteiger partial charge < -0.3 is 31.9 Å². The Balaban J connectivity index is 1.75. The molecule has 0 bridgehead atoms. The fourth-order valence-corrected chi connectivity index (χ4v) is 3.41. The van der Waals surface area contributed by atoms with E-state index in [-0.39, 0.29) is 30.2 Å². The van der Waals surface area contributed by atoms with Crippen molar-refractivity contribution in [3.63, 3.8) is 0 Å². The number of carbonyl (C=O) groups is 3. The summed E-state index contributed by atoms with van der Waals surface area (Å²) in [6.45, 7) is 3.12. The summed E-state index contributed by atoms with van der Waals surface area (Å²) in [5, 5.41) is 20.4. The molecule has 7 N–H and O–H groups in total. The summed E-state index contributed by atoms with van der Waals surface area (Å²) in [6.07, 6.45) is 1.84. The average Bonchev–Trinajstić information content (AvgIpc) is 2.81. The van der Waals surface area contributed by atoms with Crippen LogP contribution in [0.3, 0.4) is 0 Å². The van der Waals surface area contributed by atoms with Crippen LogP contribution in [0.4, 0.5) is 17.5 Å².